The highest BCUT2D eigenvalue weighted by Crippen LogP contribution is 2.30. The summed E-state index contributed by atoms with van der Waals surface area (Å²) in [4.78, 5) is 22.6. The van der Waals surface area contributed by atoms with Gasteiger partial charge in [0.2, 0.25) is 0 Å². The normalized spacial score (nSPS) is 12.5. The molecule has 30 heavy (non-hydrogen) atoms. The van der Waals surface area contributed by atoms with E-state index in [4.69, 9.17) is 0 Å². The van der Waals surface area contributed by atoms with Gasteiger partial charge in [0.1, 0.15) is 11.5 Å². The molecule has 0 fully saturated rings. The predicted octanol–water partition coefficient (Wildman–Crippen LogP) is 5.62. The van der Waals surface area contributed by atoms with Crippen LogP contribution in [-0.2, 0) is 13.1 Å². The minimum absolute atomic E-state index is 0.154. The lowest BCUT2D eigenvalue weighted by Gasteiger charge is -2.16. The van der Waals surface area contributed by atoms with E-state index in [-0.39, 0.29) is 18.3 Å². The Morgan fingerprint density at radius 3 is 2.57 bits per heavy atom. The predicted molar refractivity (Wildman–Crippen MR) is 116 cm³/mol. The molecule has 4 nitrogen and oxygen atoms in total. The van der Waals surface area contributed by atoms with E-state index < -0.39 is 0 Å². The number of halogens is 1. The molecule has 0 saturated carbocycles. The number of nitrogens with zero attached hydrogens (tertiary/aromatic N) is 3. The van der Waals surface area contributed by atoms with Crippen molar-refractivity contribution in [3.63, 3.8) is 0 Å². The molecule has 1 amide bonds. The topological polar surface area (TPSA) is 46.1 Å². The monoisotopic (exact) mass is 399 g/mol. The Balaban J connectivity index is 0.00000106. The number of hydrogen-bond donors (Lipinski definition) is 0. The first-order valence-corrected chi connectivity index (χ1v) is 10.1. The maximum Gasteiger partial charge on any atom is 0.273 e. The Morgan fingerprint density at radius 1 is 0.967 bits per heavy atom. The fraction of sp³-hybridized carbons (Fsp3) is 0.160. The van der Waals surface area contributed by atoms with Crippen LogP contribution in [-0.4, -0.2) is 20.8 Å². The molecule has 0 N–H and O–H groups in total. The number of benzene rings is 2. The summed E-state index contributed by atoms with van der Waals surface area (Å²) in [5.74, 6) is -0.477. The number of amides is 1. The number of fused-ring (bicyclic) bond motifs is 2. The van der Waals surface area contributed by atoms with Crippen LogP contribution in [0, 0.1) is 5.82 Å². The van der Waals surface area contributed by atoms with Crippen molar-refractivity contribution in [2.24, 2.45) is 0 Å². The molecule has 1 aliphatic rings. The third-order valence-electron chi connectivity index (χ3n) is 5.11. The summed E-state index contributed by atoms with van der Waals surface area (Å²) in [6.07, 6.45) is 3.35. The van der Waals surface area contributed by atoms with E-state index in [0.717, 1.165) is 27.6 Å². The summed E-state index contributed by atoms with van der Waals surface area (Å²) in [6.45, 7) is 4.68. The summed E-state index contributed by atoms with van der Waals surface area (Å²) in [7, 11) is 0. The van der Waals surface area contributed by atoms with Crippen LogP contribution >= 0.6 is 0 Å². The molecule has 0 radical (unpaired) electrons. The molecule has 0 saturated heterocycles. The van der Waals surface area contributed by atoms with Crippen molar-refractivity contribution in [1.82, 2.24) is 14.9 Å². The van der Waals surface area contributed by atoms with Gasteiger partial charge in [0, 0.05) is 42.0 Å². The zero-order chi connectivity index (χ0) is 21.1. The van der Waals surface area contributed by atoms with E-state index in [9.17, 15) is 9.18 Å². The fourth-order valence-corrected chi connectivity index (χ4v) is 3.72. The average Bonchev–Trinajstić information content (AvgIpc) is 3.11. The highest BCUT2D eigenvalue weighted by atomic mass is 19.1. The van der Waals surface area contributed by atoms with Crippen LogP contribution in [0.2, 0.25) is 0 Å². The van der Waals surface area contributed by atoms with Crippen molar-refractivity contribution < 1.29 is 9.18 Å². The molecular formula is C25H22FN3O. The first-order valence-electron chi connectivity index (χ1n) is 10.1. The van der Waals surface area contributed by atoms with E-state index in [0.29, 0.717) is 17.8 Å². The Kier molecular flexibility index (Phi) is 5.53. The van der Waals surface area contributed by atoms with Gasteiger partial charge in [0.25, 0.3) is 5.91 Å². The maximum atomic E-state index is 14.9. The van der Waals surface area contributed by atoms with Gasteiger partial charge in [0.05, 0.1) is 5.52 Å². The second-order valence-electron chi connectivity index (χ2n) is 6.85. The number of carbonyl (C=O) groups is 1. The number of pyridine rings is 2. The largest absolute Gasteiger partial charge is 0.328 e. The molecule has 3 heterocycles. The summed E-state index contributed by atoms with van der Waals surface area (Å²) in [6, 6.07) is 18.6. The van der Waals surface area contributed by atoms with E-state index in [1.54, 1.807) is 23.4 Å². The van der Waals surface area contributed by atoms with Crippen LogP contribution < -0.4 is 0 Å². The molecule has 2 aromatic heterocycles. The minimum atomic E-state index is -0.324. The molecule has 0 aliphatic carbocycles. The molecule has 0 spiro atoms. The lowest BCUT2D eigenvalue weighted by molar-refractivity contribution is 0.0761. The van der Waals surface area contributed by atoms with Gasteiger partial charge >= 0.3 is 0 Å². The Bertz CT molecular complexity index is 1220. The van der Waals surface area contributed by atoms with Crippen molar-refractivity contribution in [3.05, 3.63) is 95.7 Å². The van der Waals surface area contributed by atoms with Crippen molar-refractivity contribution in [2.75, 3.05) is 0 Å². The Hall–Kier alpha value is -3.60. The zero-order valence-corrected chi connectivity index (χ0v) is 17.0. The first-order chi connectivity index (χ1) is 14.7. The van der Waals surface area contributed by atoms with Gasteiger partial charge in [-0.15, -0.1) is 0 Å². The van der Waals surface area contributed by atoms with Gasteiger partial charge in [-0.2, -0.15) is 0 Å². The zero-order valence-electron chi connectivity index (χ0n) is 17.0. The van der Waals surface area contributed by atoms with Gasteiger partial charge < -0.3 is 4.90 Å². The lowest BCUT2D eigenvalue weighted by atomic mass is 9.99. The smallest absolute Gasteiger partial charge is 0.273 e. The van der Waals surface area contributed by atoms with Crippen molar-refractivity contribution in [3.8, 4) is 11.1 Å². The standard InChI is InChI=1S/C23H16FN3O.C2H6/c24-20-12-15(18-5-1-7-21-19(18)6-3-10-25-21)8-9-16(20)13-27-14-17-4-2-11-26-22(17)23(27)28;1-2/h1-12H,13-14H2;1-2H3. The van der Waals surface area contributed by atoms with Crippen LogP contribution in [0.5, 0.6) is 0 Å². The molecule has 150 valence electrons. The second-order valence-corrected chi connectivity index (χ2v) is 6.85. The molecule has 1 aliphatic heterocycles. The summed E-state index contributed by atoms with van der Waals surface area (Å²) in [5, 5.41) is 0.980. The van der Waals surface area contributed by atoms with Crippen molar-refractivity contribution in [2.45, 2.75) is 26.9 Å². The SMILES string of the molecule is CC.O=C1c2ncccc2CN1Cc1ccc(-c2cccc3ncccc23)cc1F. The van der Waals surface area contributed by atoms with Crippen LogP contribution in [0.1, 0.15) is 35.5 Å². The number of rotatable bonds is 3. The van der Waals surface area contributed by atoms with Gasteiger partial charge in [-0.05, 0) is 35.4 Å². The molecule has 0 bridgehead atoms. The van der Waals surface area contributed by atoms with Crippen molar-refractivity contribution in [1.29, 1.82) is 0 Å². The summed E-state index contributed by atoms with van der Waals surface area (Å²) < 4.78 is 14.9. The third-order valence-corrected chi connectivity index (χ3v) is 5.11. The van der Waals surface area contributed by atoms with Crippen LogP contribution in [0.15, 0.2) is 73.1 Å². The molecule has 0 atom stereocenters. The van der Waals surface area contributed by atoms with Crippen molar-refractivity contribution >= 4 is 16.8 Å². The van der Waals surface area contributed by atoms with Gasteiger partial charge in [-0.1, -0.05) is 50.2 Å². The molecular weight excluding hydrogens is 377 g/mol. The third kappa shape index (κ3) is 3.54. The first kappa shape index (κ1) is 19.7. The Morgan fingerprint density at radius 2 is 1.77 bits per heavy atom. The van der Waals surface area contributed by atoms with Gasteiger partial charge in [0.15, 0.2) is 0 Å². The average molecular weight is 399 g/mol. The van der Waals surface area contributed by atoms with Crippen LogP contribution in [0.4, 0.5) is 4.39 Å². The maximum absolute atomic E-state index is 14.9. The number of hydrogen-bond acceptors (Lipinski definition) is 3. The van der Waals surface area contributed by atoms with E-state index >= 15 is 0 Å². The molecule has 5 heteroatoms. The number of aromatic nitrogens is 2. The van der Waals surface area contributed by atoms with E-state index in [1.807, 2.05) is 62.4 Å². The summed E-state index contributed by atoms with van der Waals surface area (Å²) in [5.41, 5.74) is 4.43. The van der Waals surface area contributed by atoms with Crippen LogP contribution in [0.25, 0.3) is 22.0 Å². The van der Waals surface area contributed by atoms with E-state index in [1.165, 1.54) is 6.07 Å². The Labute approximate surface area is 175 Å². The molecule has 5 rings (SSSR count). The van der Waals surface area contributed by atoms with E-state index in [2.05, 4.69) is 9.97 Å². The quantitative estimate of drug-likeness (QED) is 0.449. The minimum Gasteiger partial charge on any atom is -0.328 e. The lowest BCUT2D eigenvalue weighted by Crippen LogP contribution is -2.24. The highest BCUT2D eigenvalue weighted by Gasteiger charge is 2.28. The summed E-state index contributed by atoms with van der Waals surface area (Å²) >= 11 is 0. The fourth-order valence-electron chi connectivity index (χ4n) is 3.72. The number of carbonyl (C=O) groups excluding carboxylic acids is 1. The van der Waals surface area contributed by atoms with Crippen LogP contribution in [0.3, 0.4) is 0 Å². The van der Waals surface area contributed by atoms with Gasteiger partial charge in [-0.25, -0.2) is 4.39 Å². The van der Waals surface area contributed by atoms with Gasteiger partial charge in [-0.3, -0.25) is 14.8 Å². The molecule has 4 aromatic rings. The molecule has 0 unspecified atom stereocenters. The highest BCUT2D eigenvalue weighted by molar-refractivity contribution is 5.96. The second kappa shape index (κ2) is 8.41. The molecule has 2 aromatic carbocycles.